The van der Waals surface area contributed by atoms with Crippen molar-refractivity contribution in [2.24, 2.45) is 0 Å². The lowest BCUT2D eigenvalue weighted by Gasteiger charge is -2.34. The average Bonchev–Trinajstić information content (AvgIpc) is 2.42. The van der Waals surface area contributed by atoms with E-state index in [2.05, 4.69) is 20.9 Å². The van der Waals surface area contributed by atoms with E-state index in [-0.39, 0.29) is 5.91 Å². The van der Waals surface area contributed by atoms with Crippen LogP contribution in [0.25, 0.3) is 0 Å². The van der Waals surface area contributed by atoms with E-state index in [0.717, 1.165) is 38.4 Å². The van der Waals surface area contributed by atoms with Crippen LogP contribution in [0.3, 0.4) is 0 Å². The third-order valence-corrected chi connectivity index (χ3v) is 3.43. The fraction of sp³-hybridized carbons (Fsp3) is 0.571. The zero-order valence-corrected chi connectivity index (χ0v) is 11.7. The Hall–Kier alpha value is -1.46. The van der Waals surface area contributed by atoms with E-state index >= 15 is 0 Å². The van der Waals surface area contributed by atoms with Crippen LogP contribution in [-0.4, -0.2) is 72.4 Å². The summed E-state index contributed by atoms with van der Waals surface area (Å²) in [6.45, 7) is 5.33. The summed E-state index contributed by atoms with van der Waals surface area (Å²) < 4.78 is 0. The summed E-state index contributed by atoms with van der Waals surface area (Å²) in [5.41, 5.74) is 1.11. The Morgan fingerprint density at radius 2 is 1.89 bits per heavy atom. The van der Waals surface area contributed by atoms with Crippen LogP contribution >= 0.6 is 0 Å². The Morgan fingerprint density at radius 3 is 2.47 bits per heavy atom. The SMILES string of the molecule is CN(C)C(=O)CN1CCN(Cc2ccccn2)CC1. The van der Waals surface area contributed by atoms with E-state index in [1.54, 1.807) is 19.0 Å². The van der Waals surface area contributed by atoms with Gasteiger partial charge in [0.1, 0.15) is 0 Å². The molecule has 1 aromatic rings. The maximum Gasteiger partial charge on any atom is 0.236 e. The molecule has 1 aromatic heterocycles. The summed E-state index contributed by atoms with van der Waals surface area (Å²) in [4.78, 5) is 22.3. The normalized spacial score (nSPS) is 17.4. The molecule has 104 valence electrons. The van der Waals surface area contributed by atoms with E-state index in [1.165, 1.54) is 0 Å². The molecule has 0 aromatic carbocycles. The molecule has 0 spiro atoms. The highest BCUT2D eigenvalue weighted by atomic mass is 16.2. The van der Waals surface area contributed by atoms with Gasteiger partial charge in [-0.05, 0) is 12.1 Å². The molecule has 5 nitrogen and oxygen atoms in total. The second kappa shape index (κ2) is 6.63. The molecule has 19 heavy (non-hydrogen) atoms. The van der Waals surface area contributed by atoms with Crippen molar-refractivity contribution in [3.63, 3.8) is 0 Å². The highest BCUT2D eigenvalue weighted by molar-refractivity contribution is 5.77. The van der Waals surface area contributed by atoms with Crippen molar-refractivity contribution in [2.45, 2.75) is 6.54 Å². The first-order chi connectivity index (χ1) is 9.15. The first kappa shape index (κ1) is 14.0. The second-order valence-electron chi connectivity index (χ2n) is 5.16. The van der Waals surface area contributed by atoms with E-state index < -0.39 is 0 Å². The van der Waals surface area contributed by atoms with Crippen molar-refractivity contribution in [3.05, 3.63) is 30.1 Å². The number of nitrogens with zero attached hydrogens (tertiary/aromatic N) is 4. The number of rotatable bonds is 4. The molecule has 1 fully saturated rings. The van der Waals surface area contributed by atoms with Gasteiger partial charge < -0.3 is 4.90 Å². The standard InChI is InChI=1S/C14H22N4O/c1-16(2)14(19)12-18-9-7-17(8-10-18)11-13-5-3-4-6-15-13/h3-6H,7-12H2,1-2H3. The summed E-state index contributed by atoms with van der Waals surface area (Å²) in [6, 6.07) is 6.02. The van der Waals surface area contributed by atoms with Crippen LogP contribution in [0, 0.1) is 0 Å². The number of pyridine rings is 1. The predicted molar refractivity (Wildman–Crippen MR) is 74.6 cm³/mol. The molecule has 0 saturated carbocycles. The summed E-state index contributed by atoms with van der Waals surface area (Å²) >= 11 is 0. The molecule has 0 radical (unpaired) electrons. The van der Waals surface area contributed by atoms with Crippen molar-refractivity contribution in [1.29, 1.82) is 0 Å². The van der Waals surface area contributed by atoms with Gasteiger partial charge in [-0.1, -0.05) is 6.07 Å². The van der Waals surface area contributed by atoms with Gasteiger partial charge in [-0.2, -0.15) is 0 Å². The maximum atomic E-state index is 11.6. The summed E-state index contributed by atoms with van der Waals surface area (Å²) in [7, 11) is 3.61. The van der Waals surface area contributed by atoms with Crippen molar-refractivity contribution in [2.75, 3.05) is 46.8 Å². The number of aromatic nitrogens is 1. The number of amides is 1. The minimum absolute atomic E-state index is 0.179. The minimum Gasteiger partial charge on any atom is -0.348 e. The molecule has 2 heterocycles. The highest BCUT2D eigenvalue weighted by Crippen LogP contribution is 2.06. The van der Waals surface area contributed by atoms with Gasteiger partial charge in [0.15, 0.2) is 0 Å². The number of hydrogen-bond donors (Lipinski definition) is 0. The maximum absolute atomic E-state index is 11.6. The fourth-order valence-electron chi connectivity index (χ4n) is 2.16. The molecule has 0 unspecified atom stereocenters. The first-order valence-electron chi connectivity index (χ1n) is 6.70. The Kier molecular flexibility index (Phi) is 4.87. The van der Waals surface area contributed by atoms with Crippen molar-refractivity contribution in [3.8, 4) is 0 Å². The molecule has 1 amide bonds. The van der Waals surface area contributed by atoms with Crippen molar-refractivity contribution in [1.82, 2.24) is 19.7 Å². The van der Waals surface area contributed by atoms with Gasteiger partial charge in [0.05, 0.1) is 12.2 Å². The van der Waals surface area contributed by atoms with Gasteiger partial charge in [-0.3, -0.25) is 19.6 Å². The Morgan fingerprint density at radius 1 is 1.21 bits per heavy atom. The van der Waals surface area contributed by atoms with E-state index in [0.29, 0.717) is 6.54 Å². The Bertz CT molecular complexity index is 399. The van der Waals surface area contributed by atoms with Crippen LogP contribution in [0.1, 0.15) is 5.69 Å². The zero-order valence-electron chi connectivity index (χ0n) is 11.7. The summed E-state index contributed by atoms with van der Waals surface area (Å²) in [6.07, 6.45) is 1.83. The highest BCUT2D eigenvalue weighted by Gasteiger charge is 2.19. The van der Waals surface area contributed by atoms with Crippen molar-refractivity contribution >= 4 is 5.91 Å². The lowest BCUT2D eigenvalue weighted by atomic mass is 10.2. The largest absolute Gasteiger partial charge is 0.348 e. The zero-order chi connectivity index (χ0) is 13.7. The van der Waals surface area contributed by atoms with Gasteiger partial charge in [0.2, 0.25) is 5.91 Å². The molecule has 1 aliphatic heterocycles. The van der Waals surface area contributed by atoms with Crippen LogP contribution in [0.15, 0.2) is 24.4 Å². The van der Waals surface area contributed by atoms with Gasteiger partial charge >= 0.3 is 0 Å². The molecule has 0 aliphatic carbocycles. The smallest absolute Gasteiger partial charge is 0.236 e. The Balaban J connectivity index is 1.75. The fourth-order valence-corrected chi connectivity index (χ4v) is 2.16. The van der Waals surface area contributed by atoms with Crippen LogP contribution in [0.4, 0.5) is 0 Å². The van der Waals surface area contributed by atoms with Crippen LogP contribution in [0.2, 0.25) is 0 Å². The monoisotopic (exact) mass is 262 g/mol. The third-order valence-electron chi connectivity index (χ3n) is 3.43. The molecule has 1 saturated heterocycles. The Labute approximate surface area is 114 Å². The van der Waals surface area contributed by atoms with Crippen molar-refractivity contribution < 1.29 is 4.79 Å². The quantitative estimate of drug-likeness (QED) is 0.782. The topological polar surface area (TPSA) is 39.7 Å². The van der Waals surface area contributed by atoms with Gasteiger partial charge in [-0.15, -0.1) is 0 Å². The molecule has 0 bridgehead atoms. The third kappa shape index (κ3) is 4.29. The summed E-state index contributed by atoms with van der Waals surface area (Å²) in [5.74, 6) is 0.179. The number of carbonyl (C=O) groups excluding carboxylic acids is 1. The number of piperazine rings is 1. The first-order valence-corrected chi connectivity index (χ1v) is 6.70. The summed E-state index contributed by atoms with van der Waals surface area (Å²) in [5, 5.41) is 0. The molecular weight excluding hydrogens is 240 g/mol. The van der Waals surface area contributed by atoms with E-state index in [9.17, 15) is 4.79 Å². The van der Waals surface area contributed by atoms with Crippen LogP contribution in [0.5, 0.6) is 0 Å². The predicted octanol–water partition coefficient (Wildman–Crippen LogP) is 0.287. The molecule has 0 N–H and O–H groups in total. The van der Waals surface area contributed by atoms with Gasteiger partial charge in [0.25, 0.3) is 0 Å². The molecule has 0 atom stereocenters. The number of hydrogen-bond acceptors (Lipinski definition) is 4. The lowest BCUT2D eigenvalue weighted by Crippen LogP contribution is -2.48. The second-order valence-corrected chi connectivity index (χ2v) is 5.16. The van der Waals surface area contributed by atoms with E-state index in [1.807, 2.05) is 18.3 Å². The number of carbonyl (C=O) groups is 1. The molecule has 5 heteroatoms. The van der Waals surface area contributed by atoms with Crippen LogP contribution in [-0.2, 0) is 11.3 Å². The average molecular weight is 262 g/mol. The van der Waals surface area contributed by atoms with Gasteiger partial charge in [0, 0.05) is 53.0 Å². The van der Waals surface area contributed by atoms with Crippen LogP contribution < -0.4 is 0 Å². The van der Waals surface area contributed by atoms with E-state index in [4.69, 9.17) is 0 Å². The minimum atomic E-state index is 0.179. The molecular formula is C14H22N4O. The lowest BCUT2D eigenvalue weighted by molar-refractivity contribution is -0.130. The molecule has 1 aliphatic rings. The van der Waals surface area contributed by atoms with Gasteiger partial charge in [-0.25, -0.2) is 0 Å². The number of likely N-dealkylation sites (N-methyl/N-ethyl adjacent to an activating group) is 1. The molecule has 2 rings (SSSR count).